The third kappa shape index (κ3) is 23.5. The average molecular weight is 1220 g/mol. The number of aliphatic hydroxyl groups is 1. The third-order valence-corrected chi connectivity index (χ3v) is 13.1. The van der Waals surface area contributed by atoms with E-state index in [0.717, 1.165) is 52.5 Å². The Hall–Kier alpha value is -5.57. The summed E-state index contributed by atoms with van der Waals surface area (Å²) in [6, 6.07) is 49.3. The first-order chi connectivity index (χ1) is 35.7. The zero-order chi connectivity index (χ0) is 53.2. The van der Waals surface area contributed by atoms with Crippen LogP contribution >= 0.6 is 47.8 Å². The number of hydrogen-bond acceptors (Lipinski definition) is 12. The van der Waals surface area contributed by atoms with Crippen molar-refractivity contribution in [1.29, 1.82) is 0 Å². The van der Waals surface area contributed by atoms with Gasteiger partial charge in [0, 0.05) is 40.4 Å². The first kappa shape index (κ1) is 62.0. The monoisotopic (exact) mass is 1220 g/mol. The van der Waals surface area contributed by atoms with Gasteiger partial charge in [0.25, 0.3) is 0 Å². The molecule has 75 heavy (non-hydrogen) atoms. The molecule has 18 heteroatoms. The molecule has 1 aliphatic heterocycles. The lowest BCUT2D eigenvalue weighted by Gasteiger charge is -2.30. The first-order valence-electron chi connectivity index (χ1n) is 24.0. The maximum Gasteiger partial charge on any atom is 0.408 e. The summed E-state index contributed by atoms with van der Waals surface area (Å²) in [6.45, 7) is 3.68. The Labute approximate surface area is 468 Å². The van der Waals surface area contributed by atoms with Crippen LogP contribution in [0.2, 0.25) is 6.82 Å². The number of alkyl carbamates (subject to hydrolysis) is 2. The van der Waals surface area contributed by atoms with Gasteiger partial charge in [-0.1, -0.05) is 164 Å². The minimum absolute atomic E-state index is 0. The molecule has 1 fully saturated rings. The summed E-state index contributed by atoms with van der Waals surface area (Å²) < 4.78 is 28.8. The Morgan fingerprint density at radius 1 is 0.680 bits per heavy atom. The molecule has 0 aromatic heterocycles. The molecule has 1 saturated heterocycles. The summed E-state index contributed by atoms with van der Waals surface area (Å²) in [5, 5.41) is 29.6. The van der Waals surface area contributed by atoms with E-state index >= 15 is 0 Å². The number of carbonyl (C=O) groups excluding carboxylic acids is 3. The Bertz CT molecular complexity index is 2640. The van der Waals surface area contributed by atoms with E-state index in [2.05, 4.69) is 69.8 Å². The van der Waals surface area contributed by atoms with Gasteiger partial charge in [-0.3, -0.25) is 0 Å². The first-order valence-corrected chi connectivity index (χ1v) is 26.4. The van der Waals surface area contributed by atoms with Gasteiger partial charge < -0.3 is 54.6 Å². The van der Waals surface area contributed by atoms with Crippen molar-refractivity contribution in [2.75, 3.05) is 34.4 Å². The van der Waals surface area contributed by atoms with E-state index in [1.54, 1.807) is 13.9 Å². The number of epoxide rings is 1. The Kier molecular flexibility index (Phi) is 27.7. The lowest BCUT2D eigenvalue weighted by Crippen LogP contribution is -2.49. The number of likely N-dealkylation sites (N-methyl/N-ethyl adjacent to an activating group) is 1. The minimum atomic E-state index is -0.812. The van der Waals surface area contributed by atoms with E-state index in [1.165, 1.54) is 7.11 Å². The van der Waals surface area contributed by atoms with Crippen molar-refractivity contribution < 1.29 is 49.6 Å². The van der Waals surface area contributed by atoms with Gasteiger partial charge in [-0.25, -0.2) is 14.4 Å². The number of methoxy groups -OCH3 is 2. The zero-order valence-electron chi connectivity index (χ0n) is 41.9. The number of amides is 2. The van der Waals surface area contributed by atoms with Crippen LogP contribution in [-0.2, 0) is 62.8 Å². The van der Waals surface area contributed by atoms with Crippen LogP contribution in [0.15, 0.2) is 171 Å². The normalized spacial score (nSPS) is 13.8. The fourth-order valence-electron chi connectivity index (χ4n) is 7.61. The van der Waals surface area contributed by atoms with E-state index in [-0.39, 0.29) is 40.3 Å². The van der Waals surface area contributed by atoms with Crippen LogP contribution in [0.5, 0.6) is 5.75 Å². The van der Waals surface area contributed by atoms with Crippen molar-refractivity contribution in [1.82, 2.24) is 20.8 Å². The van der Waals surface area contributed by atoms with Crippen molar-refractivity contribution >= 4 is 73.0 Å². The van der Waals surface area contributed by atoms with E-state index in [4.69, 9.17) is 23.7 Å². The van der Waals surface area contributed by atoms with Crippen LogP contribution in [0, 0.1) is 0 Å². The second-order valence-corrected chi connectivity index (χ2v) is 20.1. The molecule has 14 nitrogen and oxygen atoms in total. The van der Waals surface area contributed by atoms with Gasteiger partial charge in [-0.15, -0.1) is 0 Å². The van der Waals surface area contributed by atoms with Crippen LogP contribution in [0.1, 0.15) is 42.2 Å². The van der Waals surface area contributed by atoms with Crippen molar-refractivity contribution in [3.05, 3.63) is 205 Å². The highest BCUT2D eigenvalue weighted by atomic mass is 79.9. The van der Waals surface area contributed by atoms with Crippen LogP contribution in [-0.4, -0.2) is 105 Å². The lowest BCUT2D eigenvalue weighted by atomic mass is 9.83. The molecule has 0 aliphatic carbocycles. The number of benzene rings is 6. The summed E-state index contributed by atoms with van der Waals surface area (Å²) in [6.07, 6.45) is 0.0853. The molecule has 5 N–H and O–H groups in total. The molecule has 0 bridgehead atoms. The molecule has 0 spiro atoms. The van der Waals surface area contributed by atoms with Crippen LogP contribution in [0.3, 0.4) is 0 Å². The number of esters is 1. The fraction of sp³-hybridized carbons (Fsp3) is 0.316. The molecule has 0 saturated carbocycles. The summed E-state index contributed by atoms with van der Waals surface area (Å²) in [7, 11) is 4.09. The van der Waals surface area contributed by atoms with Gasteiger partial charge in [-0.05, 0) is 109 Å². The lowest BCUT2D eigenvalue weighted by molar-refractivity contribution is -0.143. The van der Waals surface area contributed by atoms with Crippen molar-refractivity contribution in [3.8, 4) is 5.75 Å². The molecule has 1 aliphatic rings. The molecule has 5 atom stereocenters. The van der Waals surface area contributed by atoms with Crippen molar-refractivity contribution in [2.45, 2.75) is 83.6 Å². The second kappa shape index (κ2) is 33.5. The van der Waals surface area contributed by atoms with Gasteiger partial charge >= 0.3 is 25.2 Å². The number of carbonyl (C=O) groups is 3. The van der Waals surface area contributed by atoms with Crippen molar-refractivity contribution in [2.24, 2.45) is 0 Å². The Morgan fingerprint density at radius 2 is 1.15 bits per heavy atom. The van der Waals surface area contributed by atoms with Crippen LogP contribution < -0.4 is 20.7 Å². The third-order valence-electron chi connectivity index (χ3n) is 11.6. The summed E-state index contributed by atoms with van der Waals surface area (Å²) in [5.74, 6) is 0.257. The SMILES string of the molecule is C.CN[C@@H](Cc1cccc(Br)c1)[C@H](O)CN(Cc1cccc(OC)c1)B(C)O.COC(=O)[C@H](Cc1cccc(Br)c1)NC(=O)OCc1ccccc1.O=C(N[C@@H](Cc1cccc(Br)c1)[C@H]1CO1)OCc1ccccc1.[2HH]. The molecular formula is C57H70BBr3N4O10. The second-order valence-electron chi connectivity index (χ2n) is 17.3. The van der Waals surface area contributed by atoms with E-state index in [9.17, 15) is 24.5 Å². The van der Waals surface area contributed by atoms with Gasteiger partial charge in [0.15, 0.2) is 0 Å². The zero-order valence-corrected chi connectivity index (χ0v) is 46.6. The van der Waals surface area contributed by atoms with Gasteiger partial charge in [0.2, 0.25) is 0 Å². The largest absolute Gasteiger partial charge is 0.497 e. The number of rotatable bonds is 22. The predicted octanol–water partition coefficient (Wildman–Crippen LogP) is 10.6. The summed E-state index contributed by atoms with van der Waals surface area (Å²) in [5.41, 5.74) is 6.03. The molecule has 0 unspecified atom stereocenters. The molecular weight excluding hydrogens is 1150 g/mol. The van der Waals surface area contributed by atoms with Crippen molar-refractivity contribution in [3.63, 3.8) is 0 Å². The highest BCUT2D eigenvalue weighted by Crippen LogP contribution is 2.22. The number of halogens is 3. The maximum absolute atomic E-state index is 12.0. The quantitative estimate of drug-likeness (QED) is 0.0188. The van der Waals surface area contributed by atoms with Crippen LogP contribution in [0.25, 0.3) is 0 Å². The Balaban J connectivity index is 0.000000297. The average Bonchev–Trinajstić information content (AvgIpc) is 4.26. The minimum Gasteiger partial charge on any atom is -0.497 e. The fourth-order valence-corrected chi connectivity index (χ4v) is 8.95. The topological polar surface area (TPSA) is 180 Å². The number of hydrogen-bond donors (Lipinski definition) is 5. The Morgan fingerprint density at radius 3 is 1.61 bits per heavy atom. The number of nitrogens with one attached hydrogen (secondary N) is 3. The summed E-state index contributed by atoms with van der Waals surface area (Å²) >= 11 is 10.3. The standard InChI is InChI=1S/C20H28BBrN2O3.C18H18BrNO4.C18H18BrNO3.CH4.H2/c1-21(26)24(13-16-7-5-9-18(11-16)27-3)14-20(25)19(23-2)12-15-6-4-8-17(22)10-15;1-23-17(21)16(11-14-8-5-9-15(19)10-14)20-18(22)24-12-13-6-3-2-4-7-13;19-15-8-4-7-14(9-15)10-16(17-12-22-17)20-18(21)23-11-13-5-2-1-3-6-13;;/h4-11,19-20,23,25-26H,12-14H2,1-3H3;2-10,16H,11-12H2,1H3,(H,20,22);1-9,16-17H,10-12H2,(H,20,21);1H4;1H/t19-,20+;16-;16-,17+;;/m000../s1/i;;;;1+1. The molecule has 6 aromatic carbocycles. The van der Waals surface area contributed by atoms with Crippen LogP contribution in [0.4, 0.5) is 9.59 Å². The number of aliphatic hydroxyl groups excluding tert-OH is 1. The number of nitrogens with zero attached hydrogens (tertiary/aromatic N) is 1. The van der Waals surface area contributed by atoms with E-state index < -0.39 is 37.4 Å². The molecule has 7 rings (SSSR count). The van der Waals surface area contributed by atoms with Gasteiger partial charge in [-0.2, -0.15) is 0 Å². The van der Waals surface area contributed by atoms with Gasteiger partial charge in [0.1, 0.15) is 31.1 Å². The summed E-state index contributed by atoms with van der Waals surface area (Å²) in [4.78, 5) is 37.7. The highest BCUT2D eigenvalue weighted by molar-refractivity contribution is 9.11. The smallest absolute Gasteiger partial charge is 0.408 e. The number of ether oxygens (including phenoxy) is 5. The molecule has 0 radical (unpaired) electrons. The predicted molar refractivity (Wildman–Crippen MR) is 307 cm³/mol. The maximum atomic E-state index is 12.0. The molecule has 2 amide bonds. The molecule has 6 aromatic rings. The van der Waals surface area contributed by atoms with Gasteiger partial charge in [0.05, 0.1) is 33.0 Å². The van der Waals surface area contributed by atoms with E-state index in [0.29, 0.717) is 39.0 Å². The molecule has 402 valence electrons. The van der Waals surface area contributed by atoms with E-state index in [1.807, 2.05) is 164 Å². The molecule has 1 heterocycles. The highest BCUT2D eigenvalue weighted by Gasteiger charge is 2.34.